The van der Waals surface area contributed by atoms with Gasteiger partial charge in [0.15, 0.2) is 5.13 Å². The smallest absolute Gasteiger partial charge is 0.252 e. The number of rotatable bonds is 9. The average molecular weight is 608 g/mol. The lowest BCUT2D eigenvalue weighted by molar-refractivity contribution is -0.123. The Balaban J connectivity index is 1.45. The number of anilines is 1. The van der Waals surface area contributed by atoms with Crippen LogP contribution in [0.1, 0.15) is 31.2 Å². The molecular formula is C26H30ClN5O4S3. The maximum absolute atomic E-state index is 14.1. The molecule has 3 aromatic heterocycles. The topological polar surface area (TPSA) is 97.6 Å². The van der Waals surface area contributed by atoms with Gasteiger partial charge in [0.05, 0.1) is 33.8 Å². The molecule has 0 aliphatic carbocycles. The monoisotopic (exact) mass is 607 g/mol. The average Bonchev–Trinajstić information content (AvgIpc) is 3.63. The van der Waals surface area contributed by atoms with E-state index in [0.29, 0.717) is 59.8 Å². The van der Waals surface area contributed by atoms with Crippen molar-refractivity contribution in [2.75, 3.05) is 31.1 Å². The molecule has 208 valence electrons. The highest BCUT2D eigenvalue weighted by molar-refractivity contribution is 7.91. The number of carbonyl (C=O) groups excluding carboxylic acids is 1. The lowest BCUT2D eigenvalue weighted by Gasteiger charge is -2.33. The Kier molecular flexibility index (Phi) is 8.29. The molecule has 0 bridgehead atoms. The van der Waals surface area contributed by atoms with E-state index in [1.165, 1.54) is 21.7 Å². The number of aryl methyl sites for hydroxylation is 2. The zero-order chi connectivity index (χ0) is 27.7. The van der Waals surface area contributed by atoms with Crippen LogP contribution in [0.2, 0.25) is 4.34 Å². The second kappa shape index (κ2) is 11.5. The van der Waals surface area contributed by atoms with Crippen molar-refractivity contribution >= 4 is 65.6 Å². The third-order valence-corrected chi connectivity index (χ3v) is 11.3. The van der Waals surface area contributed by atoms with E-state index in [9.17, 15) is 13.2 Å². The van der Waals surface area contributed by atoms with Crippen LogP contribution in [0.5, 0.6) is 5.75 Å². The van der Waals surface area contributed by atoms with Gasteiger partial charge in [0.25, 0.3) is 10.0 Å². The van der Waals surface area contributed by atoms with E-state index < -0.39 is 15.9 Å². The molecule has 0 N–H and O–H groups in total. The number of aromatic nitrogens is 3. The van der Waals surface area contributed by atoms with E-state index in [0.717, 1.165) is 27.4 Å². The molecule has 4 heterocycles. The summed E-state index contributed by atoms with van der Waals surface area (Å²) in [5, 5.41) is 5.12. The zero-order valence-corrected chi connectivity index (χ0v) is 25.2. The van der Waals surface area contributed by atoms with Crippen LogP contribution >= 0.6 is 34.3 Å². The van der Waals surface area contributed by atoms with Gasteiger partial charge < -0.3 is 4.74 Å². The molecule has 1 fully saturated rings. The molecule has 0 saturated carbocycles. The normalized spacial score (nSPS) is 16.6. The Hall–Kier alpha value is -2.51. The zero-order valence-electron chi connectivity index (χ0n) is 22.0. The summed E-state index contributed by atoms with van der Waals surface area (Å²) in [6.07, 6.45) is 1.19. The number of sulfonamides is 1. The second-order valence-electron chi connectivity index (χ2n) is 9.43. The van der Waals surface area contributed by atoms with Gasteiger partial charge in [-0.15, -0.1) is 11.3 Å². The number of thiophene rings is 1. The summed E-state index contributed by atoms with van der Waals surface area (Å²) in [5.74, 6) is 0.0356. The summed E-state index contributed by atoms with van der Waals surface area (Å²) in [6.45, 7) is 7.68. The van der Waals surface area contributed by atoms with Crippen molar-refractivity contribution in [2.45, 2.75) is 44.4 Å². The molecule has 1 aliphatic heterocycles. The number of para-hydroxylation sites is 1. The number of halogens is 1. The van der Waals surface area contributed by atoms with E-state index in [-0.39, 0.29) is 16.7 Å². The number of benzene rings is 1. The van der Waals surface area contributed by atoms with Crippen LogP contribution in [0, 0.1) is 19.8 Å². The van der Waals surface area contributed by atoms with Gasteiger partial charge in [-0.25, -0.2) is 13.4 Å². The molecule has 13 heteroatoms. The number of piperidine rings is 1. The largest absolute Gasteiger partial charge is 0.492 e. The molecule has 4 aromatic rings. The maximum atomic E-state index is 14.1. The lowest BCUT2D eigenvalue weighted by Crippen LogP contribution is -2.47. The van der Waals surface area contributed by atoms with Crippen molar-refractivity contribution in [1.82, 2.24) is 19.1 Å². The van der Waals surface area contributed by atoms with E-state index in [4.69, 9.17) is 21.3 Å². The quantitative estimate of drug-likeness (QED) is 0.254. The molecule has 9 nitrogen and oxygen atoms in total. The van der Waals surface area contributed by atoms with Gasteiger partial charge >= 0.3 is 0 Å². The highest BCUT2D eigenvalue weighted by atomic mass is 35.5. The predicted molar refractivity (Wildman–Crippen MR) is 156 cm³/mol. The number of fused-ring (bicyclic) bond motifs is 1. The standard InChI is InChI=1S/C26H30ClN5O4S3/c1-4-36-20-8-5-9-21-24(20)28-26(37-21)31(13-14-32-18(3)15-17(2)29-32)25(33)19-7-6-12-30(16-19)39(34,35)23-11-10-22(27)38-23/h5,8-11,15,19H,4,6-7,12-14,16H2,1-3H3. The van der Waals surface area contributed by atoms with Crippen LogP contribution in [0.15, 0.2) is 40.6 Å². The molecule has 1 aromatic carbocycles. The highest BCUT2D eigenvalue weighted by Gasteiger charge is 2.37. The first kappa shape index (κ1) is 28.0. The number of thiazole rings is 1. The summed E-state index contributed by atoms with van der Waals surface area (Å²) in [6, 6.07) is 10.8. The minimum absolute atomic E-state index is 0.113. The minimum atomic E-state index is -3.74. The Morgan fingerprint density at radius 3 is 2.74 bits per heavy atom. The lowest BCUT2D eigenvalue weighted by atomic mass is 9.98. The third kappa shape index (κ3) is 5.85. The van der Waals surface area contributed by atoms with Gasteiger partial charge in [-0.1, -0.05) is 29.0 Å². The second-order valence-corrected chi connectivity index (χ2v) is 14.3. The van der Waals surface area contributed by atoms with Crippen molar-refractivity contribution in [3.05, 3.63) is 52.1 Å². The van der Waals surface area contributed by atoms with Crippen LogP contribution in [-0.2, 0) is 21.4 Å². The van der Waals surface area contributed by atoms with Gasteiger partial charge in [-0.05, 0) is 63.9 Å². The van der Waals surface area contributed by atoms with E-state index in [1.807, 2.05) is 49.7 Å². The molecule has 0 radical (unpaired) electrons. The van der Waals surface area contributed by atoms with E-state index in [1.54, 1.807) is 11.0 Å². The predicted octanol–water partition coefficient (Wildman–Crippen LogP) is 5.36. The Morgan fingerprint density at radius 1 is 1.23 bits per heavy atom. The number of ether oxygens (including phenoxy) is 1. The Morgan fingerprint density at radius 2 is 2.05 bits per heavy atom. The van der Waals surface area contributed by atoms with Crippen molar-refractivity contribution in [3.8, 4) is 5.75 Å². The van der Waals surface area contributed by atoms with Crippen LogP contribution in [0.25, 0.3) is 10.2 Å². The van der Waals surface area contributed by atoms with Crippen LogP contribution in [-0.4, -0.2) is 59.6 Å². The van der Waals surface area contributed by atoms with Gasteiger partial charge in [-0.2, -0.15) is 9.40 Å². The van der Waals surface area contributed by atoms with E-state index in [2.05, 4.69) is 5.10 Å². The fraction of sp³-hybridized carbons (Fsp3) is 0.423. The number of nitrogens with zero attached hydrogens (tertiary/aromatic N) is 5. The van der Waals surface area contributed by atoms with Crippen molar-refractivity contribution in [3.63, 3.8) is 0 Å². The van der Waals surface area contributed by atoms with E-state index >= 15 is 0 Å². The van der Waals surface area contributed by atoms with Crippen molar-refractivity contribution in [1.29, 1.82) is 0 Å². The van der Waals surface area contributed by atoms with Crippen LogP contribution in [0.4, 0.5) is 5.13 Å². The molecule has 39 heavy (non-hydrogen) atoms. The van der Waals surface area contributed by atoms with Gasteiger partial charge in [0, 0.05) is 25.3 Å². The van der Waals surface area contributed by atoms with Crippen molar-refractivity contribution < 1.29 is 17.9 Å². The first-order valence-electron chi connectivity index (χ1n) is 12.8. The summed E-state index contributed by atoms with van der Waals surface area (Å²) >= 11 is 8.47. The number of hydrogen-bond acceptors (Lipinski definition) is 8. The third-order valence-electron chi connectivity index (χ3n) is 6.68. The SMILES string of the molecule is CCOc1cccc2sc(N(CCn3nc(C)cc3C)C(=O)C3CCCN(S(=O)(=O)c4ccc(Cl)s4)C3)nc12. The fourth-order valence-electron chi connectivity index (χ4n) is 4.84. The van der Waals surface area contributed by atoms with Crippen LogP contribution < -0.4 is 9.64 Å². The minimum Gasteiger partial charge on any atom is -0.492 e. The molecule has 0 spiro atoms. The van der Waals surface area contributed by atoms with Crippen molar-refractivity contribution in [2.24, 2.45) is 5.92 Å². The highest BCUT2D eigenvalue weighted by Crippen LogP contribution is 2.36. The number of hydrogen-bond donors (Lipinski definition) is 0. The van der Waals surface area contributed by atoms with Gasteiger partial charge in [0.1, 0.15) is 15.5 Å². The van der Waals surface area contributed by atoms with Gasteiger partial charge in [-0.3, -0.25) is 14.4 Å². The molecule has 5 rings (SSSR count). The summed E-state index contributed by atoms with van der Waals surface area (Å²) in [4.78, 5) is 20.6. The summed E-state index contributed by atoms with van der Waals surface area (Å²) < 4.78 is 37.2. The molecule has 1 aliphatic rings. The number of amides is 1. The Labute approximate surface area is 241 Å². The molecule has 1 saturated heterocycles. The molecule has 1 atom stereocenters. The Bertz CT molecular complexity index is 1600. The van der Waals surface area contributed by atoms with Gasteiger partial charge in [0.2, 0.25) is 5.91 Å². The first-order chi connectivity index (χ1) is 18.7. The molecule has 1 unspecified atom stereocenters. The summed E-state index contributed by atoms with van der Waals surface area (Å²) in [7, 11) is -3.74. The fourth-order valence-corrected chi connectivity index (χ4v) is 9.02. The molecule has 1 amide bonds. The summed E-state index contributed by atoms with van der Waals surface area (Å²) in [5.41, 5.74) is 2.63. The van der Waals surface area contributed by atoms with Crippen LogP contribution in [0.3, 0.4) is 0 Å². The first-order valence-corrected chi connectivity index (χ1v) is 16.2. The number of carbonyl (C=O) groups is 1. The maximum Gasteiger partial charge on any atom is 0.252 e. The molecular weight excluding hydrogens is 578 g/mol.